The van der Waals surface area contributed by atoms with Gasteiger partial charge in [0, 0.05) is 50.4 Å². The normalized spacial score (nSPS) is 18.1. The van der Waals surface area contributed by atoms with Crippen molar-refractivity contribution in [1.82, 2.24) is 9.80 Å². The summed E-state index contributed by atoms with van der Waals surface area (Å²) in [5.74, 6) is -1.80. The van der Waals surface area contributed by atoms with Crippen LogP contribution in [0.3, 0.4) is 0 Å². The number of piperazine rings is 1. The lowest BCUT2D eigenvalue weighted by atomic mass is 10.1. The molecule has 2 N–H and O–H groups in total. The summed E-state index contributed by atoms with van der Waals surface area (Å²) in [7, 11) is 0. The van der Waals surface area contributed by atoms with Crippen molar-refractivity contribution in [3.05, 3.63) is 35.4 Å². The van der Waals surface area contributed by atoms with Gasteiger partial charge >= 0.3 is 0 Å². The second kappa shape index (κ2) is 6.28. The maximum Gasteiger partial charge on any atom is 0.254 e. The Kier molecular flexibility index (Phi) is 4.67. The first-order chi connectivity index (χ1) is 9.51. The average molecular weight is 283 g/mol. The minimum atomic E-state index is -0.733. The van der Waals surface area contributed by atoms with Crippen LogP contribution < -0.4 is 5.73 Å². The highest BCUT2D eigenvalue weighted by Gasteiger charge is 2.24. The van der Waals surface area contributed by atoms with E-state index in [1.807, 2.05) is 6.92 Å². The lowest BCUT2D eigenvalue weighted by Crippen LogP contribution is -2.52. The van der Waals surface area contributed by atoms with Gasteiger partial charge in [-0.3, -0.25) is 9.69 Å². The van der Waals surface area contributed by atoms with Crippen molar-refractivity contribution in [2.24, 2.45) is 5.73 Å². The van der Waals surface area contributed by atoms with E-state index in [1.165, 1.54) is 0 Å². The fourth-order valence-corrected chi connectivity index (χ4v) is 2.37. The largest absolute Gasteiger partial charge is 0.336 e. The van der Waals surface area contributed by atoms with Crippen molar-refractivity contribution in [3.63, 3.8) is 0 Å². The van der Waals surface area contributed by atoms with Gasteiger partial charge in [-0.1, -0.05) is 0 Å². The summed E-state index contributed by atoms with van der Waals surface area (Å²) < 4.78 is 26.3. The highest BCUT2D eigenvalue weighted by molar-refractivity contribution is 5.94. The Hall–Kier alpha value is -1.53. The van der Waals surface area contributed by atoms with Crippen LogP contribution in [0.1, 0.15) is 17.3 Å². The zero-order valence-corrected chi connectivity index (χ0v) is 11.5. The standard InChI is InChI=1S/C14H19F2N3O/c1-10(9-17)18-2-4-19(5-3-18)14(20)11-6-12(15)8-13(16)7-11/h6-8,10H,2-5,9,17H2,1H3. The number of amides is 1. The van der Waals surface area contributed by atoms with Crippen molar-refractivity contribution >= 4 is 5.91 Å². The van der Waals surface area contributed by atoms with Crippen LogP contribution in [0.4, 0.5) is 8.78 Å². The minimum absolute atomic E-state index is 0.0582. The zero-order valence-electron chi connectivity index (χ0n) is 11.5. The Morgan fingerprint density at radius 3 is 2.25 bits per heavy atom. The number of benzene rings is 1. The number of nitrogens with two attached hydrogens (primary N) is 1. The van der Waals surface area contributed by atoms with E-state index in [0.29, 0.717) is 19.6 Å². The van der Waals surface area contributed by atoms with E-state index >= 15 is 0 Å². The molecule has 20 heavy (non-hydrogen) atoms. The molecule has 1 atom stereocenters. The lowest BCUT2D eigenvalue weighted by molar-refractivity contribution is 0.0588. The first-order valence-electron chi connectivity index (χ1n) is 6.70. The quantitative estimate of drug-likeness (QED) is 0.903. The van der Waals surface area contributed by atoms with Crippen molar-refractivity contribution < 1.29 is 13.6 Å². The monoisotopic (exact) mass is 283 g/mol. The number of carbonyl (C=O) groups is 1. The van der Waals surface area contributed by atoms with Gasteiger partial charge in [0.1, 0.15) is 11.6 Å². The number of rotatable bonds is 3. The van der Waals surface area contributed by atoms with Crippen molar-refractivity contribution in [3.8, 4) is 0 Å². The third-order valence-electron chi connectivity index (χ3n) is 3.68. The molecule has 0 saturated carbocycles. The van der Waals surface area contributed by atoms with E-state index in [4.69, 9.17) is 5.73 Å². The predicted molar refractivity (Wildman–Crippen MR) is 72.4 cm³/mol. The van der Waals surface area contributed by atoms with Crippen molar-refractivity contribution in [2.45, 2.75) is 13.0 Å². The molecule has 1 aliphatic heterocycles. The molecule has 1 aliphatic rings. The van der Waals surface area contributed by atoms with Gasteiger partial charge in [-0.15, -0.1) is 0 Å². The molecule has 110 valence electrons. The molecule has 0 aromatic heterocycles. The van der Waals surface area contributed by atoms with E-state index in [2.05, 4.69) is 4.90 Å². The average Bonchev–Trinajstić information content (AvgIpc) is 2.45. The molecule has 1 aromatic carbocycles. The van der Waals surface area contributed by atoms with Crippen LogP contribution in [0.5, 0.6) is 0 Å². The predicted octanol–water partition coefficient (Wildman–Crippen LogP) is 1.07. The Bertz CT molecular complexity index is 467. The SMILES string of the molecule is CC(CN)N1CCN(C(=O)c2cc(F)cc(F)c2)CC1. The number of hydrogen-bond acceptors (Lipinski definition) is 3. The molecule has 0 aliphatic carbocycles. The first-order valence-corrected chi connectivity index (χ1v) is 6.70. The highest BCUT2D eigenvalue weighted by Crippen LogP contribution is 2.13. The van der Waals surface area contributed by atoms with Gasteiger partial charge in [0.2, 0.25) is 0 Å². The molecule has 0 radical (unpaired) electrons. The smallest absolute Gasteiger partial charge is 0.254 e. The summed E-state index contributed by atoms with van der Waals surface area (Å²) in [5.41, 5.74) is 5.67. The summed E-state index contributed by atoms with van der Waals surface area (Å²) in [5, 5.41) is 0. The number of nitrogens with zero attached hydrogens (tertiary/aromatic N) is 2. The number of carbonyl (C=O) groups excluding carboxylic acids is 1. The van der Waals surface area contributed by atoms with E-state index in [9.17, 15) is 13.6 Å². The molecule has 1 amide bonds. The number of halogens is 2. The van der Waals surface area contributed by atoms with Crippen LogP contribution in [0.15, 0.2) is 18.2 Å². The van der Waals surface area contributed by atoms with E-state index in [-0.39, 0.29) is 17.5 Å². The van der Waals surface area contributed by atoms with E-state index < -0.39 is 11.6 Å². The second-order valence-electron chi connectivity index (χ2n) is 5.07. The van der Waals surface area contributed by atoms with Crippen molar-refractivity contribution in [1.29, 1.82) is 0 Å². The fourth-order valence-electron chi connectivity index (χ4n) is 2.37. The van der Waals surface area contributed by atoms with Gasteiger partial charge in [-0.05, 0) is 19.1 Å². The molecular formula is C14H19F2N3O. The second-order valence-corrected chi connectivity index (χ2v) is 5.07. The van der Waals surface area contributed by atoms with Gasteiger partial charge in [0.25, 0.3) is 5.91 Å². The molecular weight excluding hydrogens is 264 g/mol. The molecule has 0 spiro atoms. The van der Waals surface area contributed by atoms with Crippen LogP contribution in [0.2, 0.25) is 0 Å². The van der Waals surface area contributed by atoms with Crippen LogP contribution in [-0.4, -0.2) is 54.5 Å². The maximum absolute atomic E-state index is 13.1. The molecule has 1 heterocycles. The third-order valence-corrected chi connectivity index (χ3v) is 3.68. The fraction of sp³-hybridized carbons (Fsp3) is 0.500. The van der Waals surface area contributed by atoms with Crippen LogP contribution >= 0.6 is 0 Å². The Morgan fingerprint density at radius 1 is 1.20 bits per heavy atom. The van der Waals surface area contributed by atoms with Gasteiger partial charge in [0.05, 0.1) is 0 Å². The highest BCUT2D eigenvalue weighted by atomic mass is 19.1. The summed E-state index contributed by atoms with van der Waals surface area (Å²) in [6.45, 7) is 5.15. The maximum atomic E-state index is 13.1. The molecule has 1 fully saturated rings. The molecule has 1 aromatic rings. The summed E-state index contributed by atoms with van der Waals surface area (Å²) in [6, 6.07) is 3.18. The Balaban J connectivity index is 2.01. The van der Waals surface area contributed by atoms with Crippen LogP contribution in [0.25, 0.3) is 0 Å². The van der Waals surface area contributed by atoms with Gasteiger partial charge < -0.3 is 10.6 Å². The minimum Gasteiger partial charge on any atom is -0.336 e. The van der Waals surface area contributed by atoms with Gasteiger partial charge in [-0.25, -0.2) is 8.78 Å². The summed E-state index contributed by atoms with van der Waals surface area (Å²) >= 11 is 0. The molecule has 1 saturated heterocycles. The van der Waals surface area contributed by atoms with Gasteiger partial charge in [0.15, 0.2) is 0 Å². The first kappa shape index (κ1) is 14.9. The van der Waals surface area contributed by atoms with Crippen LogP contribution in [0, 0.1) is 11.6 Å². The zero-order chi connectivity index (χ0) is 14.7. The summed E-state index contributed by atoms with van der Waals surface area (Å²) in [6.07, 6.45) is 0. The molecule has 4 nitrogen and oxygen atoms in total. The molecule has 0 bridgehead atoms. The van der Waals surface area contributed by atoms with E-state index in [0.717, 1.165) is 31.3 Å². The molecule has 2 rings (SSSR count). The van der Waals surface area contributed by atoms with Crippen molar-refractivity contribution in [2.75, 3.05) is 32.7 Å². The molecule has 6 heteroatoms. The lowest BCUT2D eigenvalue weighted by Gasteiger charge is -2.37. The van der Waals surface area contributed by atoms with Crippen LogP contribution in [-0.2, 0) is 0 Å². The Morgan fingerprint density at radius 2 is 1.75 bits per heavy atom. The Labute approximate surface area is 117 Å². The third kappa shape index (κ3) is 3.32. The topological polar surface area (TPSA) is 49.6 Å². The van der Waals surface area contributed by atoms with Gasteiger partial charge in [-0.2, -0.15) is 0 Å². The van der Waals surface area contributed by atoms with E-state index in [1.54, 1.807) is 4.90 Å². The summed E-state index contributed by atoms with van der Waals surface area (Å²) in [4.78, 5) is 16.0. The number of hydrogen-bond donors (Lipinski definition) is 1. The molecule has 1 unspecified atom stereocenters.